The van der Waals surface area contributed by atoms with Gasteiger partial charge in [0.2, 0.25) is 11.8 Å². The molecule has 2 fully saturated rings. The summed E-state index contributed by atoms with van der Waals surface area (Å²) in [6.07, 6.45) is -8.12. The molecule has 0 unspecified atom stereocenters. The van der Waals surface area contributed by atoms with Crippen LogP contribution < -0.4 is 9.64 Å². The number of pyridine rings is 1. The third-order valence-corrected chi connectivity index (χ3v) is 7.67. The second-order valence-electron chi connectivity index (χ2n) is 10.9. The molecule has 0 bridgehead atoms. The lowest BCUT2D eigenvalue weighted by Crippen LogP contribution is -2.39. The van der Waals surface area contributed by atoms with Crippen LogP contribution in [0.4, 0.5) is 37.1 Å². The number of methoxy groups -OCH3 is 1. The minimum absolute atomic E-state index is 0.0416. The van der Waals surface area contributed by atoms with Crippen molar-refractivity contribution in [3.8, 4) is 17.0 Å². The number of benzene rings is 1. The second-order valence-corrected chi connectivity index (χ2v) is 10.9. The summed E-state index contributed by atoms with van der Waals surface area (Å²) in [6.45, 7) is 6.83. The van der Waals surface area contributed by atoms with E-state index in [0.717, 1.165) is 25.1 Å². The monoisotopic (exact) mass is 609 g/mol. The van der Waals surface area contributed by atoms with Gasteiger partial charge in [0.25, 0.3) is 0 Å². The molecule has 8 nitrogen and oxygen atoms in total. The lowest BCUT2D eigenvalue weighted by Gasteiger charge is -2.31. The van der Waals surface area contributed by atoms with Crippen molar-refractivity contribution in [2.45, 2.75) is 64.2 Å². The number of hydrogen-bond acceptors (Lipinski definition) is 7. The van der Waals surface area contributed by atoms with E-state index < -0.39 is 47.3 Å². The number of anilines is 1. The maximum atomic E-state index is 13.5. The molecule has 2 atom stereocenters. The molecule has 5 rings (SSSR count). The molecule has 0 saturated carbocycles. The quantitative estimate of drug-likeness (QED) is 0.267. The highest BCUT2D eigenvalue weighted by Crippen LogP contribution is 2.42. The summed E-state index contributed by atoms with van der Waals surface area (Å²) in [5.41, 5.74) is -0.997. The number of carbonyl (C=O) groups is 1. The van der Waals surface area contributed by atoms with E-state index in [1.807, 2.05) is 24.8 Å². The Balaban J connectivity index is 1.54. The zero-order valence-electron chi connectivity index (χ0n) is 23.8. The van der Waals surface area contributed by atoms with Gasteiger partial charge in [-0.15, -0.1) is 0 Å². The summed E-state index contributed by atoms with van der Waals surface area (Å²) in [7, 11) is 1.46. The van der Waals surface area contributed by atoms with Crippen molar-refractivity contribution in [1.82, 2.24) is 19.9 Å². The van der Waals surface area contributed by atoms with Gasteiger partial charge in [0.15, 0.2) is 0 Å². The first-order chi connectivity index (χ1) is 20.2. The number of aromatic nitrogens is 3. The van der Waals surface area contributed by atoms with Crippen LogP contribution >= 0.6 is 0 Å². The van der Waals surface area contributed by atoms with Crippen molar-refractivity contribution in [2.75, 3.05) is 25.1 Å². The summed E-state index contributed by atoms with van der Waals surface area (Å²) in [6, 6.07) is 2.16. The van der Waals surface area contributed by atoms with Gasteiger partial charge in [0, 0.05) is 36.6 Å². The number of ether oxygens (including phenoxy) is 2. The molecule has 0 radical (unpaired) electrons. The number of nitrogens with zero attached hydrogens (tertiary/aromatic N) is 5. The van der Waals surface area contributed by atoms with Crippen LogP contribution in [0.25, 0.3) is 11.1 Å². The van der Waals surface area contributed by atoms with Crippen molar-refractivity contribution in [2.24, 2.45) is 0 Å². The molecule has 43 heavy (non-hydrogen) atoms. The van der Waals surface area contributed by atoms with Gasteiger partial charge in [-0.3, -0.25) is 4.90 Å². The summed E-state index contributed by atoms with van der Waals surface area (Å²) in [4.78, 5) is 29.9. The van der Waals surface area contributed by atoms with Gasteiger partial charge in [-0.05, 0) is 54.7 Å². The Bertz CT molecular complexity index is 1490. The Morgan fingerprint density at radius 3 is 2.16 bits per heavy atom. The minimum Gasteiger partial charge on any atom is -0.481 e. The Labute approximate surface area is 243 Å². The summed E-state index contributed by atoms with van der Waals surface area (Å²) in [5.74, 6) is 0.858. The van der Waals surface area contributed by atoms with E-state index >= 15 is 0 Å². The SMILES string of the molecule is COc1ncc(C(C)C)cc1-c1cnc(N2CCC2)nc1CN1C(=O)O[C@H](c2cc(C(F)(F)F)cc(C(F)(F)F)c2)[C@@H]1C. The van der Waals surface area contributed by atoms with Gasteiger partial charge in [-0.1, -0.05) is 13.8 Å². The highest BCUT2D eigenvalue weighted by Gasteiger charge is 2.43. The van der Waals surface area contributed by atoms with Crippen LogP contribution in [0, 0.1) is 0 Å². The molecular weight excluding hydrogens is 580 g/mol. The standard InChI is InChI=1S/C29H29F6N5O3/c1-15(2)18-10-21(25(42-4)36-12-18)22-13-37-26(39-6-5-7-39)38-23(22)14-40-16(3)24(43-27(40)41)17-8-19(28(30,31)32)11-20(9-17)29(33,34)35/h8-13,15-16,24H,5-7,14H2,1-4H3/t16-,24-/m0/s1. The van der Waals surface area contributed by atoms with Gasteiger partial charge in [0.1, 0.15) is 6.10 Å². The molecule has 1 aromatic carbocycles. The molecular formula is C29H29F6N5O3. The second kappa shape index (κ2) is 11.2. The van der Waals surface area contributed by atoms with E-state index in [2.05, 4.69) is 9.97 Å². The van der Waals surface area contributed by atoms with Crippen LogP contribution in [-0.4, -0.2) is 52.2 Å². The highest BCUT2D eigenvalue weighted by atomic mass is 19.4. The fraction of sp³-hybridized carbons (Fsp3) is 0.448. The molecule has 14 heteroatoms. The maximum absolute atomic E-state index is 13.5. The van der Waals surface area contributed by atoms with Crippen molar-refractivity contribution >= 4 is 12.0 Å². The highest BCUT2D eigenvalue weighted by molar-refractivity contribution is 5.74. The number of carbonyl (C=O) groups excluding carboxylic acids is 1. The number of alkyl halides is 6. The van der Waals surface area contributed by atoms with Crippen molar-refractivity contribution < 1.29 is 40.6 Å². The normalized spacial score (nSPS) is 19.1. The average molecular weight is 610 g/mol. The van der Waals surface area contributed by atoms with Gasteiger partial charge in [0.05, 0.1) is 36.5 Å². The minimum atomic E-state index is -5.04. The number of amides is 1. The molecule has 2 aliphatic rings. The van der Waals surface area contributed by atoms with Gasteiger partial charge >= 0.3 is 18.4 Å². The first-order valence-electron chi connectivity index (χ1n) is 13.6. The molecule has 1 amide bonds. The topological polar surface area (TPSA) is 80.7 Å². The first kappa shape index (κ1) is 30.4. The predicted molar refractivity (Wildman–Crippen MR) is 143 cm³/mol. The molecule has 3 aromatic rings. The summed E-state index contributed by atoms with van der Waals surface area (Å²) < 4.78 is 92.0. The Morgan fingerprint density at radius 1 is 0.977 bits per heavy atom. The Morgan fingerprint density at radius 2 is 1.63 bits per heavy atom. The lowest BCUT2D eigenvalue weighted by atomic mass is 9.97. The molecule has 2 saturated heterocycles. The molecule has 2 aromatic heterocycles. The molecule has 230 valence electrons. The molecule has 0 N–H and O–H groups in total. The number of halogens is 6. The van der Waals surface area contributed by atoms with E-state index in [1.165, 1.54) is 18.9 Å². The summed E-state index contributed by atoms with van der Waals surface area (Å²) >= 11 is 0. The fourth-order valence-electron chi connectivity index (χ4n) is 5.02. The zero-order valence-corrected chi connectivity index (χ0v) is 23.8. The van der Waals surface area contributed by atoms with Crippen LogP contribution in [0.15, 0.2) is 36.7 Å². The van der Waals surface area contributed by atoms with E-state index in [0.29, 0.717) is 40.8 Å². The Hall–Kier alpha value is -4.10. The third-order valence-electron chi connectivity index (χ3n) is 7.67. The van der Waals surface area contributed by atoms with E-state index in [1.54, 1.807) is 12.4 Å². The number of cyclic esters (lactones) is 1. The average Bonchev–Trinajstić information content (AvgIpc) is 3.19. The van der Waals surface area contributed by atoms with E-state index in [9.17, 15) is 31.1 Å². The first-order valence-corrected chi connectivity index (χ1v) is 13.6. The van der Waals surface area contributed by atoms with Crippen LogP contribution in [0.5, 0.6) is 5.88 Å². The van der Waals surface area contributed by atoms with Crippen LogP contribution in [0.3, 0.4) is 0 Å². The van der Waals surface area contributed by atoms with Gasteiger partial charge in [-0.2, -0.15) is 26.3 Å². The van der Waals surface area contributed by atoms with Crippen molar-refractivity contribution in [3.05, 3.63) is 64.6 Å². The Kier molecular flexibility index (Phi) is 7.90. The van der Waals surface area contributed by atoms with Crippen LogP contribution in [-0.2, 0) is 23.6 Å². The van der Waals surface area contributed by atoms with Gasteiger partial charge < -0.3 is 14.4 Å². The van der Waals surface area contributed by atoms with Crippen molar-refractivity contribution in [1.29, 1.82) is 0 Å². The summed E-state index contributed by atoms with van der Waals surface area (Å²) in [5, 5.41) is 0. The third kappa shape index (κ3) is 6.04. The fourth-order valence-corrected chi connectivity index (χ4v) is 5.02. The lowest BCUT2D eigenvalue weighted by molar-refractivity contribution is -0.143. The van der Waals surface area contributed by atoms with Crippen LogP contribution in [0.2, 0.25) is 0 Å². The molecule has 2 aliphatic heterocycles. The zero-order chi connectivity index (χ0) is 31.3. The van der Waals surface area contributed by atoms with E-state index in [4.69, 9.17) is 14.5 Å². The smallest absolute Gasteiger partial charge is 0.416 e. The maximum Gasteiger partial charge on any atom is 0.416 e. The molecule has 0 aliphatic carbocycles. The number of hydrogen-bond donors (Lipinski definition) is 0. The molecule has 0 spiro atoms. The van der Waals surface area contributed by atoms with Gasteiger partial charge in [-0.25, -0.2) is 19.7 Å². The molecule has 4 heterocycles. The van der Waals surface area contributed by atoms with Crippen molar-refractivity contribution in [3.63, 3.8) is 0 Å². The number of rotatable bonds is 7. The van der Waals surface area contributed by atoms with Crippen LogP contribution in [0.1, 0.15) is 67.2 Å². The van der Waals surface area contributed by atoms with E-state index in [-0.39, 0.29) is 18.5 Å². The largest absolute Gasteiger partial charge is 0.481 e. The predicted octanol–water partition coefficient (Wildman–Crippen LogP) is 7.00.